The van der Waals surface area contributed by atoms with E-state index < -0.39 is 4.92 Å². The van der Waals surface area contributed by atoms with Crippen molar-refractivity contribution in [3.8, 4) is 0 Å². The number of rotatable bonds is 4. The number of allylic oxidation sites excluding steroid dienone is 1. The van der Waals surface area contributed by atoms with Crippen LogP contribution in [0.2, 0.25) is 0 Å². The van der Waals surface area contributed by atoms with Gasteiger partial charge in [0.25, 0.3) is 5.69 Å². The summed E-state index contributed by atoms with van der Waals surface area (Å²) in [6, 6.07) is 12.7. The smallest absolute Gasteiger partial charge is 0.270 e. The highest BCUT2D eigenvalue weighted by molar-refractivity contribution is 6.07. The molecule has 0 aliphatic carbocycles. The fourth-order valence-corrected chi connectivity index (χ4v) is 1.70. The first-order valence-corrected chi connectivity index (χ1v) is 5.88. The van der Waals surface area contributed by atoms with Gasteiger partial charge < -0.3 is 5.73 Å². The number of non-ortho nitro benzene ring substituents is 1. The Balaban J connectivity index is 2.19. The first kappa shape index (κ1) is 13.5. The van der Waals surface area contributed by atoms with Gasteiger partial charge in [0, 0.05) is 23.4 Å². The van der Waals surface area contributed by atoms with Gasteiger partial charge in [-0.1, -0.05) is 30.3 Å². The maximum Gasteiger partial charge on any atom is 0.270 e. The molecule has 0 aromatic heterocycles. The van der Waals surface area contributed by atoms with Crippen LogP contribution < -0.4 is 5.73 Å². The maximum atomic E-state index is 11.9. The number of hydrogen-bond donors (Lipinski definition) is 1. The molecular formula is C15H12N2O3. The first-order valence-electron chi connectivity index (χ1n) is 5.88. The molecule has 0 amide bonds. The third kappa shape index (κ3) is 3.29. The second kappa shape index (κ2) is 5.79. The lowest BCUT2D eigenvalue weighted by Crippen LogP contribution is -1.95. The third-order valence-corrected chi connectivity index (χ3v) is 2.68. The zero-order valence-corrected chi connectivity index (χ0v) is 10.5. The fraction of sp³-hybridized carbons (Fsp3) is 0. The molecule has 0 fully saturated rings. The highest BCUT2D eigenvalue weighted by atomic mass is 16.6. The van der Waals surface area contributed by atoms with Gasteiger partial charge in [-0.25, -0.2) is 0 Å². The minimum absolute atomic E-state index is 0.0106. The van der Waals surface area contributed by atoms with Crippen molar-refractivity contribution in [1.82, 2.24) is 0 Å². The molecule has 0 radical (unpaired) electrons. The van der Waals surface area contributed by atoms with Gasteiger partial charge in [-0.15, -0.1) is 0 Å². The Morgan fingerprint density at radius 2 is 1.90 bits per heavy atom. The zero-order chi connectivity index (χ0) is 14.5. The molecule has 0 spiro atoms. The quantitative estimate of drug-likeness (QED) is 0.303. The predicted molar refractivity (Wildman–Crippen MR) is 77.3 cm³/mol. The molecular weight excluding hydrogens is 256 g/mol. The molecule has 5 heteroatoms. The van der Waals surface area contributed by atoms with Crippen LogP contribution in [0.3, 0.4) is 0 Å². The number of benzene rings is 2. The molecule has 2 aromatic carbocycles. The van der Waals surface area contributed by atoms with Crippen LogP contribution in [0.4, 0.5) is 11.4 Å². The van der Waals surface area contributed by atoms with Gasteiger partial charge in [0.1, 0.15) is 0 Å². The number of nitro groups is 1. The van der Waals surface area contributed by atoms with E-state index in [0.717, 1.165) is 0 Å². The van der Waals surface area contributed by atoms with Crippen LogP contribution >= 0.6 is 0 Å². The van der Waals surface area contributed by atoms with Crippen LogP contribution in [-0.4, -0.2) is 10.7 Å². The molecule has 0 atom stereocenters. The van der Waals surface area contributed by atoms with E-state index in [0.29, 0.717) is 16.8 Å². The predicted octanol–water partition coefficient (Wildman–Crippen LogP) is 3.07. The molecule has 0 aliphatic heterocycles. The van der Waals surface area contributed by atoms with Crippen LogP contribution in [0.1, 0.15) is 15.9 Å². The van der Waals surface area contributed by atoms with Gasteiger partial charge in [0.05, 0.1) is 4.92 Å². The number of nitrogens with two attached hydrogens (primary N) is 1. The Morgan fingerprint density at radius 1 is 1.15 bits per heavy atom. The van der Waals surface area contributed by atoms with E-state index in [1.165, 1.54) is 18.2 Å². The van der Waals surface area contributed by atoms with Crippen molar-refractivity contribution in [2.45, 2.75) is 0 Å². The highest BCUT2D eigenvalue weighted by Gasteiger charge is 2.05. The molecule has 0 saturated heterocycles. The van der Waals surface area contributed by atoms with E-state index in [9.17, 15) is 14.9 Å². The standard InChI is InChI=1S/C15H12N2O3/c16-13-5-2-4-12(10-13)15(18)8-7-11-3-1-6-14(9-11)17(19)20/h1-10H,16H2/b8-7+. The summed E-state index contributed by atoms with van der Waals surface area (Å²) >= 11 is 0. The van der Waals surface area contributed by atoms with E-state index in [-0.39, 0.29) is 11.5 Å². The number of carbonyl (C=O) groups is 1. The molecule has 5 nitrogen and oxygen atoms in total. The van der Waals surface area contributed by atoms with Crippen molar-refractivity contribution in [3.05, 3.63) is 75.8 Å². The number of ketones is 1. The Morgan fingerprint density at radius 3 is 2.60 bits per heavy atom. The van der Waals surface area contributed by atoms with E-state index in [2.05, 4.69) is 0 Å². The minimum atomic E-state index is -0.475. The van der Waals surface area contributed by atoms with E-state index in [1.807, 2.05) is 0 Å². The summed E-state index contributed by atoms with van der Waals surface area (Å²) in [5.41, 5.74) is 7.18. The SMILES string of the molecule is Nc1cccc(C(=O)/C=C/c2cccc([N+](=O)[O-])c2)c1. The molecule has 0 aliphatic rings. The monoisotopic (exact) mass is 268 g/mol. The summed E-state index contributed by atoms with van der Waals surface area (Å²) in [5, 5.41) is 10.7. The van der Waals surface area contributed by atoms with Gasteiger partial charge in [-0.2, -0.15) is 0 Å². The molecule has 2 N–H and O–H groups in total. The Labute approximate surface area is 115 Å². The summed E-state index contributed by atoms with van der Waals surface area (Å²) < 4.78 is 0. The number of nitro benzene ring substituents is 1. The number of carbonyl (C=O) groups excluding carboxylic acids is 1. The maximum absolute atomic E-state index is 11.9. The lowest BCUT2D eigenvalue weighted by Gasteiger charge is -1.98. The lowest BCUT2D eigenvalue weighted by molar-refractivity contribution is -0.384. The van der Waals surface area contributed by atoms with Gasteiger partial charge in [-0.3, -0.25) is 14.9 Å². The highest BCUT2D eigenvalue weighted by Crippen LogP contribution is 2.15. The second-order valence-electron chi connectivity index (χ2n) is 4.18. The van der Waals surface area contributed by atoms with Crippen molar-refractivity contribution in [3.63, 3.8) is 0 Å². The van der Waals surface area contributed by atoms with Crippen molar-refractivity contribution in [1.29, 1.82) is 0 Å². The van der Waals surface area contributed by atoms with Crippen LogP contribution in [0.5, 0.6) is 0 Å². The van der Waals surface area contributed by atoms with E-state index >= 15 is 0 Å². The summed E-state index contributed by atoms with van der Waals surface area (Å²) in [4.78, 5) is 22.1. The number of anilines is 1. The zero-order valence-electron chi connectivity index (χ0n) is 10.5. The van der Waals surface area contributed by atoms with Crippen LogP contribution in [0.15, 0.2) is 54.6 Å². The van der Waals surface area contributed by atoms with Crippen molar-refractivity contribution < 1.29 is 9.72 Å². The average Bonchev–Trinajstić information content (AvgIpc) is 2.45. The van der Waals surface area contributed by atoms with E-state index in [1.54, 1.807) is 42.5 Å². The molecule has 0 saturated carbocycles. The van der Waals surface area contributed by atoms with Crippen LogP contribution in [0, 0.1) is 10.1 Å². The molecule has 0 heterocycles. The molecule has 0 bridgehead atoms. The van der Waals surface area contributed by atoms with Gasteiger partial charge in [0.2, 0.25) is 0 Å². The molecule has 100 valence electrons. The summed E-state index contributed by atoms with van der Waals surface area (Å²) in [5.74, 6) is -0.205. The lowest BCUT2D eigenvalue weighted by atomic mass is 10.1. The van der Waals surface area contributed by atoms with Crippen LogP contribution in [0.25, 0.3) is 6.08 Å². The topological polar surface area (TPSA) is 86.2 Å². The van der Waals surface area contributed by atoms with Crippen molar-refractivity contribution in [2.24, 2.45) is 0 Å². The molecule has 2 aromatic rings. The molecule has 2 rings (SSSR count). The Kier molecular flexibility index (Phi) is 3.91. The largest absolute Gasteiger partial charge is 0.399 e. The fourth-order valence-electron chi connectivity index (χ4n) is 1.70. The first-order chi connectivity index (χ1) is 9.56. The summed E-state index contributed by atoms with van der Waals surface area (Å²) in [7, 11) is 0. The normalized spacial score (nSPS) is 10.6. The Hall–Kier alpha value is -2.95. The number of nitrogens with zero attached hydrogens (tertiary/aromatic N) is 1. The molecule has 0 unspecified atom stereocenters. The average molecular weight is 268 g/mol. The van der Waals surface area contributed by atoms with Crippen molar-refractivity contribution >= 4 is 23.2 Å². The number of hydrogen-bond acceptors (Lipinski definition) is 4. The summed E-state index contributed by atoms with van der Waals surface area (Å²) in [6.45, 7) is 0. The second-order valence-corrected chi connectivity index (χ2v) is 4.18. The van der Waals surface area contributed by atoms with E-state index in [4.69, 9.17) is 5.73 Å². The summed E-state index contributed by atoms with van der Waals surface area (Å²) in [6.07, 6.45) is 2.91. The number of nitrogen functional groups attached to an aromatic ring is 1. The van der Waals surface area contributed by atoms with Gasteiger partial charge in [-0.05, 0) is 23.8 Å². The van der Waals surface area contributed by atoms with Crippen molar-refractivity contribution in [2.75, 3.05) is 5.73 Å². The Bertz CT molecular complexity index is 693. The van der Waals surface area contributed by atoms with Gasteiger partial charge >= 0.3 is 0 Å². The van der Waals surface area contributed by atoms with Crippen LogP contribution in [-0.2, 0) is 0 Å². The van der Waals surface area contributed by atoms with Gasteiger partial charge in [0.15, 0.2) is 5.78 Å². The minimum Gasteiger partial charge on any atom is -0.399 e. The molecule has 20 heavy (non-hydrogen) atoms. The third-order valence-electron chi connectivity index (χ3n) is 2.68.